The number of pyridine rings is 2. The molecule has 0 aliphatic carbocycles. The number of aromatic nitrogens is 5. The van der Waals surface area contributed by atoms with Gasteiger partial charge in [-0.2, -0.15) is 5.10 Å². The maximum atomic E-state index is 14.8. The van der Waals surface area contributed by atoms with E-state index in [0.717, 1.165) is 0 Å². The van der Waals surface area contributed by atoms with E-state index in [4.69, 9.17) is 14.2 Å². The molecular weight excluding hydrogens is 493 g/mol. The Morgan fingerprint density at radius 3 is 2.66 bits per heavy atom. The summed E-state index contributed by atoms with van der Waals surface area (Å²) in [4.78, 5) is 25.5. The van der Waals surface area contributed by atoms with Crippen molar-refractivity contribution < 1.29 is 23.4 Å². The second kappa shape index (κ2) is 10.8. The highest BCUT2D eigenvalue weighted by Gasteiger charge is 2.21. The summed E-state index contributed by atoms with van der Waals surface area (Å²) in [5.41, 5.74) is 2.10. The normalized spacial score (nSPS) is 13.1. The molecule has 1 saturated heterocycles. The highest BCUT2D eigenvalue weighted by atomic mass is 19.1. The van der Waals surface area contributed by atoms with Gasteiger partial charge in [-0.15, -0.1) is 0 Å². The van der Waals surface area contributed by atoms with E-state index in [2.05, 4.69) is 30.7 Å². The summed E-state index contributed by atoms with van der Waals surface area (Å²) < 4.78 is 32.7. The average Bonchev–Trinajstić information content (AvgIpc) is 3.33. The predicted molar refractivity (Wildman–Crippen MR) is 138 cm³/mol. The van der Waals surface area contributed by atoms with Crippen LogP contribution in [0.3, 0.4) is 0 Å². The van der Waals surface area contributed by atoms with Gasteiger partial charge in [0.2, 0.25) is 0 Å². The molecule has 1 aliphatic rings. The van der Waals surface area contributed by atoms with Crippen molar-refractivity contribution in [3.63, 3.8) is 0 Å². The van der Waals surface area contributed by atoms with E-state index in [-0.39, 0.29) is 29.9 Å². The molecular formula is C26H26FN7O4. The third-order valence-electron chi connectivity index (χ3n) is 5.83. The molecule has 1 fully saturated rings. The third-order valence-corrected chi connectivity index (χ3v) is 5.83. The SMILES string of the molecule is CCC(=O)c1cnc(Nc2ncc(OC3COC3)cc2F)cc1Nc1cccc(-c2ncn(C)n2)c1OC. The van der Waals surface area contributed by atoms with E-state index in [1.165, 1.54) is 18.5 Å². The number of nitrogens with zero attached hydrogens (tertiary/aromatic N) is 5. The fraction of sp³-hybridized carbons (Fsp3) is 0.269. The second-order valence-electron chi connectivity index (χ2n) is 8.55. The Hall–Kier alpha value is -4.58. The highest BCUT2D eigenvalue weighted by molar-refractivity contribution is 6.02. The van der Waals surface area contributed by atoms with Crippen LogP contribution in [-0.2, 0) is 11.8 Å². The molecule has 12 heteroatoms. The lowest BCUT2D eigenvalue weighted by atomic mass is 10.1. The Labute approximate surface area is 218 Å². The van der Waals surface area contributed by atoms with Crippen molar-refractivity contribution in [3.05, 3.63) is 60.4 Å². The molecule has 4 aromatic rings. The number of carbonyl (C=O) groups is 1. The van der Waals surface area contributed by atoms with Crippen molar-refractivity contribution in [1.29, 1.82) is 0 Å². The number of rotatable bonds is 10. The maximum Gasteiger partial charge on any atom is 0.184 e. The fourth-order valence-corrected chi connectivity index (χ4v) is 3.85. The van der Waals surface area contributed by atoms with Gasteiger partial charge >= 0.3 is 0 Å². The smallest absolute Gasteiger partial charge is 0.184 e. The number of nitrogens with one attached hydrogen (secondary N) is 2. The monoisotopic (exact) mass is 519 g/mol. The van der Waals surface area contributed by atoms with Crippen LogP contribution in [0.1, 0.15) is 23.7 Å². The minimum absolute atomic E-state index is 0.0315. The van der Waals surface area contributed by atoms with Crippen LogP contribution in [0.15, 0.2) is 49.1 Å². The Morgan fingerprint density at radius 1 is 1.16 bits per heavy atom. The molecule has 4 heterocycles. The number of para-hydroxylation sites is 1. The molecule has 196 valence electrons. The van der Waals surface area contributed by atoms with Crippen LogP contribution >= 0.6 is 0 Å². The lowest BCUT2D eigenvalue weighted by Crippen LogP contribution is -2.38. The molecule has 3 aromatic heterocycles. The molecule has 1 aliphatic heterocycles. The molecule has 2 N–H and O–H groups in total. The van der Waals surface area contributed by atoms with Gasteiger partial charge in [0.15, 0.2) is 29.0 Å². The van der Waals surface area contributed by atoms with E-state index >= 15 is 0 Å². The summed E-state index contributed by atoms with van der Waals surface area (Å²) in [7, 11) is 3.32. The minimum atomic E-state index is -0.606. The number of hydrogen-bond acceptors (Lipinski definition) is 10. The standard InChI is InChI=1S/C26H26FN7O4/c1-4-22(35)18-11-28-23(32-26-19(27)8-15(10-29-26)38-16-12-37-13-16)9-21(18)31-20-7-5-6-17(24(20)36-3)25-30-14-34(2)33-25/h5-11,14,16H,4,12-13H2,1-3H3,(H2,28,29,31,32). The van der Waals surface area contributed by atoms with E-state index in [1.807, 2.05) is 18.2 Å². The van der Waals surface area contributed by atoms with Gasteiger partial charge in [-0.1, -0.05) is 13.0 Å². The van der Waals surface area contributed by atoms with Gasteiger partial charge in [0.25, 0.3) is 0 Å². The van der Waals surface area contributed by atoms with Gasteiger partial charge in [-0.05, 0) is 12.1 Å². The van der Waals surface area contributed by atoms with Crippen LogP contribution in [0.5, 0.6) is 11.5 Å². The number of ketones is 1. The zero-order chi connectivity index (χ0) is 26.6. The molecule has 0 spiro atoms. The molecule has 0 radical (unpaired) electrons. The number of anilines is 4. The number of ether oxygens (including phenoxy) is 3. The van der Waals surface area contributed by atoms with Crippen molar-refractivity contribution in [1.82, 2.24) is 24.7 Å². The van der Waals surface area contributed by atoms with Crippen LogP contribution in [0.2, 0.25) is 0 Å². The largest absolute Gasteiger partial charge is 0.494 e. The summed E-state index contributed by atoms with van der Waals surface area (Å²) >= 11 is 0. The Bertz CT molecular complexity index is 1470. The Morgan fingerprint density at radius 2 is 2.00 bits per heavy atom. The topological polar surface area (TPSA) is 125 Å². The first kappa shape index (κ1) is 25.1. The zero-order valence-electron chi connectivity index (χ0n) is 21.1. The van der Waals surface area contributed by atoms with Gasteiger partial charge in [0.1, 0.15) is 24.0 Å². The number of carbonyl (C=O) groups excluding carboxylic acids is 1. The first-order valence-electron chi connectivity index (χ1n) is 12.0. The number of hydrogen-bond donors (Lipinski definition) is 2. The zero-order valence-corrected chi connectivity index (χ0v) is 21.1. The molecule has 1 aromatic carbocycles. The van der Waals surface area contributed by atoms with Crippen LogP contribution < -0.4 is 20.1 Å². The molecule has 0 atom stereocenters. The van der Waals surface area contributed by atoms with Gasteiger partial charge in [-0.25, -0.2) is 19.3 Å². The minimum Gasteiger partial charge on any atom is -0.494 e. The van der Waals surface area contributed by atoms with E-state index in [9.17, 15) is 9.18 Å². The number of aryl methyl sites for hydroxylation is 1. The van der Waals surface area contributed by atoms with Crippen LogP contribution in [0.25, 0.3) is 11.4 Å². The summed E-state index contributed by atoms with van der Waals surface area (Å²) in [5.74, 6) is 0.845. The van der Waals surface area contributed by atoms with Gasteiger partial charge in [0, 0.05) is 31.8 Å². The van der Waals surface area contributed by atoms with E-state index in [1.54, 1.807) is 38.2 Å². The predicted octanol–water partition coefficient (Wildman–Crippen LogP) is 4.28. The van der Waals surface area contributed by atoms with Crippen molar-refractivity contribution >= 4 is 28.8 Å². The number of benzene rings is 1. The summed E-state index contributed by atoms with van der Waals surface area (Å²) in [6.07, 6.45) is 4.65. The number of Topliss-reactive ketones (excluding diaryl/α,β-unsaturated/α-hetero) is 1. The summed E-state index contributed by atoms with van der Waals surface area (Å²) in [5, 5.41) is 10.5. The first-order valence-corrected chi connectivity index (χ1v) is 12.0. The van der Waals surface area contributed by atoms with Gasteiger partial charge < -0.3 is 24.8 Å². The van der Waals surface area contributed by atoms with Crippen LogP contribution in [0, 0.1) is 5.82 Å². The number of halogens is 1. The molecule has 0 amide bonds. The summed E-state index contributed by atoms with van der Waals surface area (Å²) in [6, 6.07) is 8.36. The molecule has 0 bridgehead atoms. The van der Waals surface area contributed by atoms with Crippen LogP contribution in [0.4, 0.5) is 27.4 Å². The highest BCUT2D eigenvalue weighted by Crippen LogP contribution is 2.37. The van der Waals surface area contributed by atoms with Gasteiger partial charge in [0.05, 0.1) is 49.0 Å². The molecule has 11 nitrogen and oxygen atoms in total. The third kappa shape index (κ3) is 5.25. The van der Waals surface area contributed by atoms with Gasteiger partial charge in [-0.3, -0.25) is 9.48 Å². The first-order chi connectivity index (χ1) is 18.4. The molecule has 0 unspecified atom stereocenters. The fourth-order valence-electron chi connectivity index (χ4n) is 3.85. The molecule has 0 saturated carbocycles. The van der Waals surface area contributed by atoms with Crippen molar-refractivity contribution in [3.8, 4) is 22.9 Å². The van der Waals surface area contributed by atoms with E-state index in [0.29, 0.717) is 53.0 Å². The van der Waals surface area contributed by atoms with Crippen LogP contribution in [-0.4, -0.2) is 56.9 Å². The Balaban J connectivity index is 1.45. The lowest BCUT2D eigenvalue weighted by Gasteiger charge is -2.26. The second-order valence-corrected chi connectivity index (χ2v) is 8.55. The summed E-state index contributed by atoms with van der Waals surface area (Å²) in [6.45, 7) is 2.71. The number of methoxy groups -OCH3 is 1. The lowest BCUT2D eigenvalue weighted by molar-refractivity contribution is -0.0798. The molecule has 5 rings (SSSR count). The Kier molecular flexibility index (Phi) is 7.13. The van der Waals surface area contributed by atoms with E-state index < -0.39 is 5.82 Å². The van der Waals surface area contributed by atoms with Crippen molar-refractivity contribution in [2.75, 3.05) is 31.0 Å². The van der Waals surface area contributed by atoms with Crippen molar-refractivity contribution in [2.45, 2.75) is 19.4 Å². The maximum absolute atomic E-state index is 14.8. The van der Waals surface area contributed by atoms with Crippen molar-refractivity contribution in [2.24, 2.45) is 7.05 Å². The quantitative estimate of drug-likeness (QED) is 0.293. The average molecular weight is 520 g/mol. The molecule has 38 heavy (non-hydrogen) atoms.